The van der Waals surface area contributed by atoms with Gasteiger partial charge in [-0.1, -0.05) is 60.7 Å². The van der Waals surface area contributed by atoms with Crippen LogP contribution in [0, 0.1) is 47.1 Å². The van der Waals surface area contributed by atoms with Crippen LogP contribution >= 0.6 is 0 Å². The molecule has 0 saturated heterocycles. The van der Waals surface area contributed by atoms with Gasteiger partial charge in [0.25, 0.3) is 0 Å². The van der Waals surface area contributed by atoms with Crippen LogP contribution in [0.25, 0.3) is 98.1 Å². The van der Waals surface area contributed by atoms with Crippen LogP contribution in [0.5, 0.6) is 0 Å². The van der Waals surface area contributed by atoms with Gasteiger partial charge in [0.05, 0.1) is 82.8 Å². The van der Waals surface area contributed by atoms with Crippen molar-refractivity contribution in [3.05, 3.63) is 198 Å². The summed E-state index contributed by atoms with van der Waals surface area (Å²) in [6, 6.07) is 53.7. The molecule has 7 aromatic carbocycles. The van der Waals surface area contributed by atoms with E-state index in [9.17, 15) is 15.8 Å². The SMILES string of the molecule is [C-]#[N+]c1cc(C#N)cc(-c2ccc3c(c2)c2ccccc2n3-c2cncc(-n3c4ccccc4c4cc(-c5cc(C#N)cc([N+]#[C-])c5)ccc43)c2-c2cccc(C#N)c2)c1. The van der Waals surface area contributed by atoms with Gasteiger partial charge in [-0.3, -0.25) is 4.98 Å². The standard InChI is InChI=1S/C52H26N8/c1-56-40-21-33(28-54)19-38(23-40)35-14-16-48-44(25-35)42-10-3-5-12-46(42)59(48)50-30-58-31-51(52(50)37-9-7-8-32(18-37)27-53)60-47-13-6-4-11-43(47)45-26-36(15-17-49(45)60)39-20-34(29-55)22-41(24-39)57-2/h3-26,30-31H. The average Bonchev–Trinajstić information content (AvgIpc) is 3.82. The fourth-order valence-corrected chi connectivity index (χ4v) is 8.46. The molecule has 0 aliphatic carbocycles. The van der Waals surface area contributed by atoms with Crippen LogP contribution in [-0.2, 0) is 0 Å². The monoisotopic (exact) mass is 762 g/mol. The molecule has 8 heteroatoms. The van der Waals surface area contributed by atoms with Crippen molar-refractivity contribution in [1.82, 2.24) is 14.1 Å². The average molecular weight is 763 g/mol. The first-order chi connectivity index (χ1) is 29.5. The zero-order valence-electron chi connectivity index (χ0n) is 31.6. The van der Waals surface area contributed by atoms with E-state index in [2.05, 4.69) is 85.6 Å². The van der Waals surface area contributed by atoms with E-state index in [-0.39, 0.29) is 0 Å². The summed E-state index contributed by atoms with van der Waals surface area (Å²) in [5.41, 5.74) is 12.6. The minimum absolute atomic E-state index is 0.405. The summed E-state index contributed by atoms with van der Waals surface area (Å²) in [7, 11) is 0. The van der Waals surface area contributed by atoms with E-state index < -0.39 is 0 Å². The minimum Gasteiger partial charge on any atom is -0.307 e. The second kappa shape index (κ2) is 14.0. The number of benzene rings is 7. The third kappa shape index (κ3) is 5.61. The van der Waals surface area contributed by atoms with Crippen LogP contribution in [-0.4, -0.2) is 14.1 Å². The zero-order chi connectivity index (χ0) is 40.9. The molecule has 0 atom stereocenters. The van der Waals surface area contributed by atoms with Gasteiger partial charge >= 0.3 is 0 Å². The summed E-state index contributed by atoms with van der Waals surface area (Å²) in [6.45, 7) is 15.3. The Kier molecular flexibility index (Phi) is 8.23. The first-order valence-corrected chi connectivity index (χ1v) is 18.9. The Labute approximate surface area is 344 Å². The summed E-state index contributed by atoms with van der Waals surface area (Å²) in [6.07, 6.45) is 3.75. The lowest BCUT2D eigenvalue weighted by Crippen LogP contribution is -2.05. The van der Waals surface area contributed by atoms with Crippen molar-refractivity contribution in [2.75, 3.05) is 0 Å². The van der Waals surface area contributed by atoms with Crippen LogP contribution in [0.2, 0.25) is 0 Å². The van der Waals surface area contributed by atoms with Gasteiger partial charge in [-0.25, -0.2) is 9.69 Å². The van der Waals surface area contributed by atoms with Crippen molar-refractivity contribution in [1.29, 1.82) is 15.8 Å². The van der Waals surface area contributed by atoms with E-state index >= 15 is 0 Å². The normalized spacial score (nSPS) is 10.9. The Hall–Kier alpha value is -9.26. The number of nitrogens with zero attached hydrogens (tertiary/aromatic N) is 8. The number of hydrogen-bond donors (Lipinski definition) is 0. The first kappa shape index (κ1) is 35.2. The van der Waals surface area contributed by atoms with Crippen LogP contribution < -0.4 is 0 Å². The largest absolute Gasteiger partial charge is 0.307 e. The molecule has 3 heterocycles. The van der Waals surface area contributed by atoms with Gasteiger partial charge in [0.1, 0.15) is 0 Å². The van der Waals surface area contributed by atoms with Gasteiger partial charge in [0.15, 0.2) is 11.4 Å². The van der Waals surface area contributed by atoms with Crippen molar-refractivity contribution in [3.63, 3.8) is 0 Å². The maximum Gasteiger partial charge on any atom is 0.189 e. The predicted molar refractivity (Wildman–Crippen MR) is 236 cm³/mol. The van der Waals surface area contributed by atoms with Crippen LogP contribution in [0.1, 0.15) is 16.7 Å². The summed E-state index contributed by atoms with van der Waals surface area (Å²) < 4.78 is 4.44. The van der Waals surface area contributed by atoms with Gasteiger partial charge in [-0.15, -0.1) is 0 Å². The molecule has 10 aromatic rings. The molecule has 274 valence electrons. The Morgan fingerprint density at radius 3 is 1.37 bits per heavy atom. The molecule has 60 heavy (non-hydrogen) atoms. The number of nitriles is 3. The van der Waals surface area contributed by atoms with Gasteiger partial charge in [0.2, 0.25) is 0 Å². The second-order valence-electron chi connectivity index (χ2n) is 14.4. The minimum atomic E-state index is 0.405. The molecule has 0 unspecified atom stereocenters. The Balaban J connectivity index is 1.26. The molecule has 0 spiro atoms. The molecule has 0 fully saturated rings. The summed E-state index contributed by atoms with van der Waals surface area (Å²) in [5.74, 6) is 0. The maximum absolute atomic E-state index is 10.1. The second-order valence-corrected chi connectivity index (χ2v) is 14.4. The van der Waals surface area contributed by atoms with Crippen molar-refractivity contribution >= 4 is 55.0 Å². The van der Waals surface area contributed by atoms with Crippen molar-refractivity contribution < 1.29 is 0 Å². The van der Waals surface area contributed by atoms with E-state index in [0.717, 1.165) is 88.4 Å². The highest BCUT2D eigenvalue weighted by Gasteiger charge is 2.23. The van der Waals surface area contributed by atoms with Crippen molar-refractivity contribution in [3.8, 4) is 63.0 Å². The summed E-state index contributed by atoms with van der Waals surface area (Å²) >= 11 is 0. The highest BCUT2D eigenvalue weighted by atomic mass is 15.0. The van der Waals surface area contributed by atoms with Crippen LogP contribution in [0.4, 0.5) is 11.4 Å². The van der Waals surface area contributed by atoms with Gasteiger partial charge in [0, 0.05) is 38.2 Å². The summed E-state index contributed by atoms with van der Waals surface area (Å²) in [5, 5.41) is 33.6. The summed E-state index contributed by atoms with van der Waals surface area (Å²) in [4.78, 5) is 12.2. The predicted octanol–water partition coefficient (Wildman–Crippen LogP) is 13.0. The van der Waals surface area contributed by atoms with Gasteiger partial charge in [-0.05, 0) is 113 Å². The number of hydrogen-bond acceptors (Lipinski definition) is 4. The molecule has 0 amide bonds. The van der Waals surface area contributed by atoms with E-state index in [1.165, 1.54) is 0 Å². The molecule has 0 saturated carbocycles. The number of aromatic nitrogens is 3. The van der Waals surface area contributed by atoms with E-state index in [1.807, 2.05) is 91.3 Å². The van der Waals surface area contributed by atoms with E-state index in [0.29, 0.717) is 28.1 Å². The molecule has 3 aromatic heterocycles. The topological polar surface area (TPSA) is 103 Å². The van der Waals surface area contributed by atoms with E-state index in [4.69, 9.17) is 18.1 Å². The third-order valence-corrected chi connectivity index (χ3v) is 11.0. The zero-order valence-corrected chi connectivity index (χ0v) is 31.6. The van der Waals surface area contributed by atoms with Crippen LogP contribution in [0.3, 0.4) is 0 Å². The molecule has 10 rings (SSSR count). The van der Waals surface area contributed by atoms with Crippen molar-refractivity contribution in [2.45, 2.75) is 0 Å². The molecule has 0 aliphatic heterocycles. The lowest BCUT2D eigenvalue weighted by Gasteiger charge is -2.19. The van der Waals surface area contributed by atoms with Gasteiger partial charge in [-0.2, -0.15) is 15.8 Å². The Bertz CT molecular complexity index is 3400. The molecule has 0 bridgehead atoms. The molecule has 0 radical (unpaired) electrons. The lowest BCUT2D eigenvalue weighted by atomic mass is 9.99. The number of fused-ring (bicyclic) bond motifs is 6. The molecular formula is C52H26N8. The fourth-order valence-electron chi connectivity index (χ4n) is 8.46. The quantitative estimate of drug-likeness (QED) is 0.163. The van der Waals surface area contributed by atoms with Gasteiger partial charge < -0.3 is 9.13 Å². The smallest absolute Gasteiger partial charge is 0.189 e. The number of pyridine rings is 1. The number of rotatable bonds is 5. The molecule has 8 nitrogen and oxygen atoms in total. The fraction of sp³-hybridized carbons (Fsp3) is 0. The lowest BCUT2D eigenvalue weighted by molar-refractivity contribution is 1.09. The third-order valence-electron chi connectivity index (χ3n) is 11.0. The van der Waals surface area contributed by atoms with E-state index in [1.54, 1.807) is 18.2 Å². The molecule has 0 N–H and O–H groups in total. The van der Waals surface area contributed by atoms with Crippen LogP contribution in [0.15, 0.2) is 158 Å². The molecule has 0 aliphatic rings. The maximum atomic E-state index is 10.1. The Morgan fingerprint density at radius 1 is 0.417 bits per heavy atom. The highest BCUT2D eigenvalue weighted by molar-refractivity contribution is 6.13. The number of para-hydroxylation sites is 2. The molecular weight excluding hydrogens is 737 g/mol. The highest BCUT2D eigenvalue weighted by Crippen LogP contribution is 2.43. The Morgan fingerprint density at radius 2 is 0.883 bits per heavy atom. The van der Waals surface area contributed by atoms with Crippen molar-refractivity contribution in [2.24, 2.45) is 0 Å². The first-order valence-electron chi connectivity index (χ1n) is 18.9.